The van der Waals surface area contributed by atoms with Crippen LogP contribution in [0.25, 0.3) is 0 Å². The van der Waals surface area contributed by atoms with Crippen molar-refractivity contribution in [3.05, 3.63) is 0 Å². The average Bonchev–Trinajstić information content (AvgIpc) is 1.87. The zero-order valence-electron chi connectivity index (χ0n) is 6.76. The van der Waals surface area contributed by atoms with Crippen LogP contribution in [0.4, 0.5) is 0 Å². The summed E-state index contributed by atoms with van der Waals surface area (Å²) in [7, 11) is 1.54. The fourth-order valence-electron chi connectivity index (χ4n) is 0.690. The summed E-state index contributed by atoms with van der Waals surface area (Å²) < 4.78 is 4.73. The van der Waals surface area contributed by atoms with Gasteiger partial charge in [-0.05, 0) is 0 Å². The third kappa shape index (κ3) is 2.94. The van der Waals surface area contributed by atoms with Crippen LogP contribution in [-0.2, 0) is 9.53 Å². The maximum atomic E-state index is 11.0. The molecular formula is C7H15NO2. The molecule has 0 saturated carbocycles. The highest BCUT2D eigenvalue weighted by molar-refractivity contribution is 5.85. The monoisotopic (exact) mass is 145 g/mol. The lowest BCUT2D eigenvalue weighted by Gasteiger charge is -2.10. The SMILES string of the molecule is COCC(N)C(=O)C(C)C. The Morgan fingerprint density at radius 3 is 2.40 bits per heavy atom. The lowest BCUT2D eigenvalue weighted by atomic mass is 10.0. The van der Waals surface area contributed by atoms with Crippen molar-refractivity contribution in [2.24, 2.45) is 11.7 Å². The lowest BCUT2D eigenvalue weighted by Crippen LogP contribution is -2.37. The van der Waals surface area contributed by atoms with Gasteiger partial charge in [-0.3, -0.25) is 4.79 Å². The van der Waals surface area contributed by atoms with Crippen molar-refractivity contribution in [3.8, 4) is 0 Å². The number of hydrogen-bond acceptors (Lipinski definition) is 3. The third-order valence-electron chi connectivity index (χ3n) is 1.28. The summed E-state index contributed by atoms with van der Waals surface area (Å²) in [6.07, 6.45) is 0. The molecule has 0 aliphatic carbocycles. The molecule has 0 aliphatic heterocycles. The van der Waals surface area contributed by atoms with Crippen LogP contribution in [0.15, 0.2) is 0 Å². The highest BCUT2D eigenvalue weighted by Gasteiger charge is 2.15. The highest BCUT2D eigenvalue weighted by Crippen LogP contribution is 1.97. The molecule has 2 N–H and O–H groups in total. The molecule has 0 aromatic rings. The van der Waals surface area contributed by atoms with Gasteiger partial charge in [0.15, 0.2) is 5.78 Å². The summed E-state index contributed by atoms with van der Waals surface area (Å²) in [6.45, 7) is 3.98. The third-order valence-corrected chi connectivity index (χ3v) is 1.28. The van der Waals surface area contributed by atoms with Crippen LogP contribution in [0.5, 0.6) is 0 Å². The second-order valence-corrected chi connectivity index (χ2v) is 2.62. The molecule has 0 heterocycles. The van der Waals surface area contributed by atoms with E-state index in [2.05, 4.69) is 0 Å². The molecule has 3 heteroatoms. The highest BCUT2D eigenvalue weighted by atomic mass is 16.5. The van der Waals surface area contributed by atoms with Crippen molar-refractivity contribution in [1.29, 1.82) is 0 Å². The Bertz CT molecular complexity index is 112. The normalized spacial score (nSPS) is 13.7. The largest absolute Gasteiger partial charge is 0.383 e. The maximum Gasteiger partial charge on any atom is 0.154 e. The smallest absolute Gasteiger partial charge is 0.154 e. The van der Waals surface area contributed by atoms with E-state index >= 15 is 0 Å². The molecule has 0 amide bonds. The van der Waals surface area contributed by atoms with Crippen LogP contribution in [0.3, 0.4) is 0 Å². The number of ether oxygens (including phenoxy) is 1. The van der Waals surface area contributed by atoms with Crippen molar-refractivity contribution in [3.63, 3.8) is 0 Å². The zero-order valence-corrected chi connectivity index (χ0v) is 6.76. The summed E-state index contributed by atoms with van der Waals surface area (Å²) >= 11 is 0. The van der Waals surface area contributed by atoms with E-state index in [-0.39, 0.29) is 11.7 Å². The van der Waals surface area contributed by atoms with Crippen LogP contribution in [0.2, 0.25) is 0 Å². The van der Waals surface area contributed by atoms with E-state index in [9.17, 15) is 4.79 Å². The summed E-state index contributed by atoms with van der Waals surface area (Å²) in [5.74, 6) is 0.0620. The molecule has 1 atom stereocenters. The van der Waals surface area contributed by atoms with Gasteiger partial charge in [-0.2, -0.15) is 0 Å². The fourth-order valence-corrected chi connectivity index (χ4v) is 0.690. The first-order valence-corrected chi connectivity index (χ1v) is 3.37. The minimum Gasteiger partial charge on any atom is -0.383 e. The van der Waals surface area contributed by atoms with Gasteiger partial charge in [-0.25, -0.2) is 0 Å². The predicted molar refractivity (Wildman–Crippen MR) is 39.7 cm³/mol. The van der Waals surface area contributed by atoms with Gasteiger partial charge in [-0.1, -0.05) is 13.8 Å². The Morgan fingerprint density at radius 1 is 1.60 bits per heavy atom. The molecule has 0 aliphatic rings. The first-order valence-electron chi connectivity index (χ1n) is 3.37. The van der Waals surface area contributed by atoms with Gasteiger partial charge in [0.2, 0.25) is 0 Å². The summed E-state index contributed by atoms with van der Waals surface area (Å²) in [5.41, 5.74) is 5.45. The first kappa shape index (κ1) is 9.59. The van der Waals surface area contributed by atoms with E-state index in [1.165, 1.54) is 7.11 Å². The summed E-state index contributed by atoms with van der Waals surface area (Å²) in [5, 5.41) is 0. The van der Waals surface area contributed by atoms with E-state index in [1.54, 1.807) is 0 Å². The molecule has 0 aromatic carbocycles. The molecule has 10 heavy (non-hydrogen) atoms. The van der Waals surface area contributed by atoms with Gasteiger partial charge < -0.3 is 10.5 Å². The van der Waals surface area contributed by atoms with Crippen molar-refractivity contribution in [1.82, 2.24) is 0 Å². The molecule has 0 rings (SSSR count). The van der Waals surface area contributed by atoms with Crippen LogP contribution in [0, 0.1) is 5.92 Å². The molecule has 3 nitrogen and oxygen atoms in total. The lowest BCUT2D eigenvalue weighted by molar-refractivity contribution is -0.124. The Labute approximate surface area is 61.5 Å². The number of methoxy groups -OCH3 is 1. The molecule has 0 aromatic heterocycles. The molecule has 0 saturated heterocycles. The van der Waals surface area contributed by atoms with Crippen LogP contribution >= 0.6 is 0 Å². The molecule has 0 bridgehead atoms. The van der Waals surface area contributed by atoms with Crippen molar-refractivity contribution in [2.75, 3.05) is 13.7 Å². The number of rotatable bonds is 4. The first-order chi connectivity index (χ1) is 4.59. The quantitative estimate of drug-likeness (QED) is 0.614. The average molecular weight is 145 g/mol. The number of hydrogen-bond donors (Lipinski definition) is 1. The Morgan fingerprint density at radius 2 is 2.10 bits per heavy atom. The molecule has 0 fully saturated rings. The van der Waals surface area contributed by atoms with Crippen LogP contribution in [-0.4, -0.2) is 25.5 Å². The van der Waals surface area contributed by atoms with Crippen molar-refractivity contribution >= 4 is 5.78 Å². The molecule has 0 radical (unpaired) electrons. The number of nitrogens with two attached hydrogens (primary N) is 1. The van der Waals surface area contributed by atoms with Gasteiger partial charge in [0, 0.05) is 13.0 Å². The van der Waals surface area contributed by atoms with E-state index in [4.69, 9.17) is 10.5 Å². The summed E-state index contributed by atoms with van der Waals surface area (Å²) in [4.78, 5) is 11.0. The second kappa shape index (κ2) is 4.41. The van der Waals surface area contributed by atoms with Crippen molar-refractivity contribution in [2.45, 2.75) is 19.9 Å². The van der Waals surface area contributed by atoms with Gasteiger partial charge in [0.1, 0.15) is 0 Å². The minimum atomic E-state index is -0.454. The standard InChI is InChI=1S/C7H15NO2/c1-5(2)7(9)6(8)4-10-3/h5-6H,4,8H2,1-3H3. The Hall–Kier alpha value is -0.410. The van der Waals surface area contributed by atoms with E-state index in [1.807, 2.05) is 13.8 Å². The number of carbonyl (C=O) groups is 1. The van der Waals surface area contributed by atoms with Gasteiger partial charge in [0.05, 0.1) is 12.6 Å². The number of ketones is 1. The fraction of sp³-hybridized carbons (Fsp3) is 0.857. The Kier molecular flexibility index (Phi) is 4.23. The molecule has 60 valence electrons. The van der Waals surface area contributed by atoms with Crippen molar-refractivity contribution < 1.29 is 9.53 Å². The topological polar surface area (TPSA) is 52.3 Å². The van der Waals surface area contributed by atoms with Gasteiger partial charge in [0.25, 0.3) is 0 Å². The van der Waals surface area contributed by atoms with Gasteiger partial charge >= 0.3 is 0 Å². The maximum absolute atomic E-state index is 11.0. The van der Waals surface area contributed by atoms with E-state index in [0.717, 1.165) is 0 Å². The number of carbonyl (C=O) groups excluding carboxylic acids is 1. The molecular weight excluding hydrogens is 130 g/mol. The number of Topliss-reactive ketones (excluding diaryl/α,β-unsaturated/α-hetero) is 1. The van der Waals surface area contributed by atoms with Crippen LogP contribution < -0.4 is 5.73 Å². The summed E-state index contributed by atoms with van der Waals surface area (Å²) in [6, 6.07) is -0.454. The van der Waals surface area contributed by atoms with Crippen LogP contribution in [0.1, 0.15) is 13.8 Å². The van der Waals surface area contributed by atoms with E-state index in [0.29, 0.717) is 6.61 Å². The van der Waals surface area contributed by atoms with E-state index < -0.39 is 6.04 Å². The Balaban J connectivity index is 3.71. The molecule has 1 unspecified atom stereocenters. The zero-order chi connectivity index (χ0) is 8.15. The van der Waals surface area contributed by atoms with Gasteiger partial charge in [-0.15, -0.1) is 0 Å². The molecule has 0 spiro atoms. The predicted octanol–water partition coefficient (Wildman–Crippen LogP) is 0.185. The minimum absolute atomic E-state index is 0.00477. The second-order valence-electron chi connectivity index (χ2n) is 2.62.